The first-order valence-corrected chi connectivity index (χ1v) is 12.6. The largest absolute Gasteiger partial charge is 0.423 e. The minimum absolute atomic E-state index is 0.217. The molecule has 0 aliphatic rings. The van der Waals surface area contributed by atoms with Gasteiger partial charge in [0, 0.05) is 29.9 Å². The molecule has 0 aliphatic carbocycles. The number of esters is 2. The average molecular weight is 533 g/mol. The molecule has 0 saturated heterocycles. The maximum absolute atomic E-state index is 15.6. The van der Waals surface area contributed by atoms with Crippen molar-refractivity contribution >= 4 is 11.9 Å². The van der Waals surface area contributed by atoms with Gasteiger partial charge in [0.25, 0.3) is 0 Å². The number of halogens is 1. The number of rotatable bonds is 12. The van der Waals surface area contributed by atoms with Gasteiger partial charge in [0.2, 0.25) is 0 Å². The molecule has 0 spiro atoms. The molecule has 0 aliphatic heterocycles. The Morgan fingerprint density at radius 1 is 0.692 bits per heavy atom. The van der Waals surface area contributed by atoms with Gasteiger partial charge in [0.15, 0.2) is 0 Å². The fourth-order valence-electron chi connectivity index (χ4n) is 3.76. The quantitative estimate of drug-likeness (QED) is 0.140. The highest BCUT2D eigenvalue weighted by atomic mass is 19.1. The molecule has 3 rings (SSSR count). The number of hydrogen-bond donors (Lipinski definition) is 0. The maximum atomic E-state index is 15.6. The van der Waals surface area contributed by atoms with Crippen molar-refractivity contribution < 1.29 is 32.9 Å². The number of hydrogen-bond acceptors (Lipinski definition) is 6. The first-order chi connectivity index (χ1) is 18.6. The summed E-state index contributed by atoms with van der Waals surface area (Å²) in [5.41, 5.74) is 4.38. The van der Waals surface area contributed by atoms with Crippen molar-refractivity contribution in [3.8, 4) is 33.8 Å². The Morgan fingerprint density at radius 2 is 1.15 bits per heavy atom. The van der Waals surface area contributed by atoms with Gasteiger partial charge < -0.3 is 18.9 Å². The highest BCUT2D eigenvalue weighted by molar-refractivity contribution is 5.89. The summed E-state index contributed by atoms with van der Waals surface area (Å²) in [6.45, 7) is 15.5. The van der Waals surface area contributed by atoms with E-state index in [1.165, 1.54) is 6.07 Å². The summed E-state index contributed by atoms with van der Waals surface area (Å²) in [5.74, 6) is -0.817. The minimum Gasteiger partial charge on any atom is -0.423 e. The van der Waals surface area contributed by atoms with Gasteiger partial charge in [-0.15, -0.1) is 0 Å². The number of ether oxygens (including phenoxy) is 4. The van der Waals surface area contributed by atoms with Gasteiger partial charge in [0.05, 0.1) is 13.2 Å². The van der Waals surface area contributed by atoms with Gasteiger partial charge in [-0.2, -0.15) is 0 Å². The summed E-state index contributed by atoms with van der Waals surface area (Å²) in [7, 11) is 0. The van der Waals surface area contributed by atoms with Gasteiger partial charge in [-0.25, -0.2) is 14.0 Å². The van der Waals surface area contributed by atoms with Crippen LogP contribution in [-0.4, -0.2) is 25.2 Å². The first-order valence-electron chi connectivity index (χ1n) is 12.6. The molecule has 0 amide bonds. The normalized spacial score (nSPS) is 10.7. The zero-order chi connectivity index (χ0) is 28.5. The Hall–Kier alpha value is -4.07. The van der Waals surface area contributed by atoms with E-state index in [4.69, 9.17) is 18.9 Å². The third-order valence-corrected chi connectivity index (χ3v) is 5.77. The molecule has 39 heavy (non-hydrogen) atoms. The molecular formula is C32H33FO6. The zero-order valence-electron chi connectivity index (χ0n) is 22.8. The van der Waals surface area contributed by atoms with Crippen LogP contribution >= 0.6 is 0 Å². The van der Waals surface area contributed by atoms with Crippen LogP contribution in [0.3, 0.4) is 0 Å². The SMILES string of the molecule is C=C(C)C(=O)Oc1ccc(-c2ccc(-c3ccc(OC(=O)C(=C)C)cc3COCC)c(F)c2)c(COCC)c1. The molecule has 0 fully saturated rings. The molecule has 6 nitrogen and oxygen atoms in total. The van der Waals surface area contributed by atoms with Crippen molar-refractivity contribution in [3.05, 3.63) is 95.8 Å². The van der Waals surface area contributed by atoms with Crippen molar-refractivity contribution in [3.63, 3.8) is 0 Å². The average Bonchev–Trinajstić information content (AvgIpc) is 2.91. The Balaban J connectivity index is 1.99. The van der Waals surface area contributed by atoms with Crippen LogP contribution in [-0.2, 0) is 32.3 Å². The third kappa shape index (κ3) is 7.72. The molecule has 0 unspecified atom stereocenters. The summed E-state index contributed by atoms with van der Waals surface area (Å²) >= 11 is 0. The Labute approximate surface area is 228 Å². The molecule has 0 heterocycles. The van der Waals surface area contributed by atoms with E-state index in [-0.39, 0.29) is 24.4 Å². The van der Waals surface area contributed by atoms with E-state index < -0.39 is 17.8 Å². The van der Waals surface area contributed by atoms with Gasteiger partial charge in [-0.3, -0.25) is 0 Å². The first kappa shape index (κ1) is 29.5. The summed E-state index contributed by atoms with van der Waals surface area (Å²) in [5, 5.41) is 0. The molecule has 0 aromatic heterocycles. The van der Waals surface area contributed by atoms with Crippen molar-refractivity contribution in [1.82, 2.24) is 0 Å². The highest BCUT2D eigenvalue weighted by Crippen LogP contribution is 2.35. The molecule has 0 atom stereocenters. The van der Waals surface area contributed by atoms with Gasteiger partial charge in [0.1, 0.15) is 17.3 Å². The third-order valence-electron chi connectivity index (χ3n) is 5.77. The van der Waals surface area contributed by atoms with Crippen molar-refractivity contribution in [2.75, 3.05) is 13.2 Å². The lowest BCUT2D eigenvalue weighted by molar-refractivity contribution is -0.130. The van der Waals surface area contributed by atoms with Crippen LogP contribution in [0.4, 0.5) is 4.39 Å². The summed E-state index contributed by atoms with van der Waals surface area (Å²) in [6, 6.07) is 15.1. The van der Waals surface area contributed by atoms with Crippen LogP contribution in [0.1, 0.15) is 38.8 Å². The van der Waals surface area contributed by atoms with E-state index in [2.05, 4.69) is 13.2 Å². The van der Waals surface area contributed by atoms with Crippen LogP contribution in [0.2, 0.25) is 0 Å². The lowest BCUT2D eigenvalue weighted by Gasteiger charge is -2.16. The molecule has 7 heteroatoms. The summed E-state index contributed by atoms with van der Waals surface area (Å²) in [4.78, 5) is 23.9. The van der Waals surface area contributed by atoms with Crippen LogP contribution in [0.15, 0.2) is 78.9 Å². The molecule has 3 aromatic rings. The molecular weight excluding hydrogens is 499 g/mol. The highest BCUT2D eigenvalue weighted by Gasteiger charge is 2.16. The van der Waals surface area contributed by atoms with Crippen LogP contribution < -0.4 is 9.47 Å². The minimum atomic E-state index is -0.538. The number of carbonyl (C=O) groups is 2. The van der Waals surface area contributed by atoms with Gasteiger partial charge in [-0.05, 0) is 85.8 Å². The maximum Gasteiger partial charge on any atom is 0.338 e. The van der Waals surface area contributed by atoms with E-state index in [0.29, 0.717) is 47.0 Å². The fourth-order valence-corrected chi connectivity index (χ4v) is 3.76. The molecule has 0 bridgehead atoms. The van der Waals surface area contributed by atoms with Crippen LogP contribution in [0.5, 0.6) is 11.5 Å². The van der Waals surface area contributed by atoms with E-state index in [1.807, 2.05) is 19.9 Å². The Kier molecular flexibility index (Phi) is 10.3. The Morgan fingerprint density at radius 3 is 1.62 bits per heavy atom. The second-order valence-electron chi connectivity index (χ2n) is 8.95. The summed E-state index contributed by atoms with van der Waals surface area (Å²) in [6.07, 6.45) is 0. The number of benzene rings is 3. The van der Waals surface area contributed by atoms with Crippen molar-refractivity contribution in [2.45, 2.75) is 40.9 Å². The molecule has 0 radical (unpaired) electrons. The van der Waals surface area contributed by atoms with Crippen LogP contribution in [0, 0.1) is 5.82 Å². The van der Waals surface area contributed by atoms with E-state index in [9.17, 15) is 9.59 Å². The lowest BCUT2D eigenvalue weighted by atomic mass is 9.94. The Bertz CT molecular complexity index is 1390. The standard InChI is InChI=1S/C32H33FO6/c1-7-36-18-23-15-25(38-31(34)20(3)4)10-13-27(23)22-9-12-29(30(33)17-22)28-14-11-26(39-32(35)21(5)6)16-24(28)19-37-8-2/h9-17H,3,5,7-8,18-19H2,1-2,4,6H3. The van der Waals surface area contributed by atoms with E-state index >= 15 is 4.39 Å². The smallest absolute Gasteiger partial charge is 0.338 e. The monoisotopic (exact) mass is 532 g/mol. The molecule has 204 valence electrons. The predicted molar refractivity (Wildman–Crippen MR) is 149 cm³/mol. The number of carbonyl (C=O) groups excluding carboxylic acids is 2. The van der Waals surface area contributed by atoms with E-state index in [0.717, 1.165) is 11.1 Å². The lowest BCUT2D eigenvalue weighted by Crippen LogP contribution is -2.09. The zero-order valence-corrected chi connectivity index (χ0v) is 22.8. The topological polar surface area (TPSA) is 71.1 Å². The summed E-state index contributed by atoms with van der Waals surface area (Å²) < 4.78 is 37.5. The van der Waals surface area contributed by atoms with Gasteiger partial charge >= 0.3 is 11.9 Å². The molecule has 0 saturated carbocycles. The predicted octanol–water partition coefficient (Wildman–Crippen LogP) is 7.20. The van der Waals surface area contributed by atoms with E-state index in [1.54, 1.807) is 56.3 Å². The molecule has 0 N–H and O–H groups in total. The second-order valence-corrected chi connectivity index (χ2v) is 8.95. The van der Waals surface area contributed by atoms with Crippen molar-refractivity contribution in [1.29, 1.82) is 0 Å². The fraction of sp³-hybridized carbons (Fsp3) is 0.250. The second kappa shape index (κ2) is 13.6. The van der Waals surface area contributed by atoms with Crippen molar-refractivity contribution in [2.24, 2.45) is 0 Å². The van der Waals surface area contributed by atoms with Gasteiger partial charge in [-0.1, -0.05) is 37.4 Å². The molecule has 3 aromatic carbocycles. The van der Waals surface area contributed by atoms with Crippen LogP contribution in [0.25, 0.3) is 22.3 Å².